The van der Waals surface area contributed by atoms with Gasteiger partial charge in [0.15, 0.2) is 0 Å². The summed E-state index contributed by atoms with van der Waals surface area (Å²) in [5.74, 6) is 0. The predicted molar refractivity (Wildman–Crippen MR) is 59.5 cm³/mol. The highest BCUT2D eigenvalue weighted by Gasteiger charge is 2.31. The van der Waals surface area contributed by atoms with Gasteiger partial charge in [0.2, 0.25) is 0 Å². The number of rotatable bonds is 3. The van der Waals surface area contributed by atoms with Crippen LogP contribution in [0.25, 0.3) is 0 Å². The van der Waals surface area contributed by atoms with Gasteiger partial charge in [0, 0.05) is 37.8 Å². The molecule has 14 heavy (non-hydrogen) atoms. The van der Waals surface area contributed by atoms with Crippen molar-refractivity contribution in [2.45, 2.75) is 37.9 Å². The zero-order chi connectivity index (χ0) is 10.1. The van der Waals surface area contributed by atoms with Crippen LogP contribution in [0.1, 0.15) is 19.8 Å². The summed E-state index contributed by atoms with van der Waals surface area (Å²) in [5, 5.41) is 3.71. The minimum Gasteiger partial charge on any atom is -0.310 e. The molecule has 0 radical (unpaired) electrons. The Labute approximate surface area is 87.4 Å². The maximum Gasteiger partial charge on any atom is 0.0371 e. The summed E-state index contributed by atoms with van der Waals surface area (Å²) < 4.78 is 0. The van der Waals surface area contributed by atoms with Gasteiger partial charge in [-0.3, -0.25) is 4.90 Å². The zero-order valence-electron chi connectivity index (χ0n) is 9.66. The molecular formula is C11H23N3. The van der Waals surface area contributed by atoms with Gasteiger partial charge in [0.1, 0.15) is 0 Å². The predicted octanol–water partition coefficient (Wildman–Crippen LogP) is 0.373. The first-order chi connectivity index (χ1) is 6.66. The third kappa shape index (κ3) is 2.47. The lowest BCUT2D eigenvalue weighted by molar-refractivity contribution is 0.0916. The van der Waals surface area contributed by atoms with Crippen molar-refractivity contribution < 1.29 is 0 Å². The largest absolute Gasteiger partial charge is 0.310 e. The highest BCUT2D eigenvalue weighted by Crippen LogP contribution is 2.21. The molecule has 1 aliphatic heterocycles. The van der Waals surface area contributed by atoms with Crippen molar-refractivity contribution in [2.75, 3.05) is 33.7 Å². The fourth-order valence-electron chi connectivity index (χ4n) is 2.32. The molecule has 0 amide bonds. The molecule has 1 N–H and O–H groups in total. The molecule has 0 spiro atoms. The van der Waals surface area contributed by atoms with E-state index in [0.29, 0.717) is 12.1 Å². The zero-order valence-corrected chi connectivity index (χ0v) is 9.66. The normalized spacial score (nSPS) is 33.2. The second kappa shape index (κ2) is 4.17. The van der Waals surface area contributed by atoms with Crippen LogP contribution in [-0.2, 0) is 0 Å². The second-order valence-electron chi connectivity index (χ2n) is 5.04. The van der Waals surface area contributed by atoms with Gasteiger partial charge in [-0.25, -0.2) is 0 Å². The molecule has 2 atom stereocenters. The minimum absolute atomic E-state index is 0.634. The fraction of sp³-hybridized carbons (Fsp3) is 1.00. The molecule has 82 valence electrons. The summed E-state index contributed by atoms with van der Waals surface area (Å²) in [4.78, 5) is 4.94. The standard InChI is InChI=1S/C11H23N3/c1-9(12-10-4-5-10)11-8-13(2)6-7-14(11)3/h9-12H,4-8H2,1-3H3. The smallest absolute Gasteiger partial charge is 0.0371 e. The van der Waals surface area contributed by atoms with Gasteiger partial charge >= 0.3 is 0 Å². The number of hydrogen-bond donors (Lipinski definition) is 1. The lowest BCUT2D eigenvalue weighted by Crippen LogP contribution is -2.58. The van der Waals surface area contributed by atoms with E-state index in [2.05, 4.69) is 36.1 Å². The van der Waals surface area contributed by atoms with Crippen molar-refractivity contribution in [3.8, 4) is 0 Å². The number of likely N-dealkylation sites (N-methyl/N-ethyl adjacent to an activating group) is 2. The Hall–Kier alpha value is -0.120. The maximum atomic E-state index is 3.71. The Balaban J connectivity index is 1.85. The number of nitrogens with one attached hydrogen (secondary N) is 1. The summed E-state index contributed by atoms with van der Waals surface area (Å²) in [6, 6.07) is 2.15. The first-order valence-electron chi connectivity index (χ1n) is 5.81. The van der Waals surface area contributed by atoms with E-state index >= 15 is 0 Å². The molecule has 2 fully saturated rings. The maximum absolute atomic E-state index is 3.71. The summed E-state index contributed by atoms with van der Waals surface area (Å²) in [5.41, 5.74) is 0. The van der Waals surface area contributed by atoms with Gasteiger partial charge in [0.05, 0.1) is 0 Å². The summed E-state index contributed by atoms with van der Waals surface area (Å²) in [6.45, 7) is 5.96. The first kappa shape index (κ1) is 10.4. The van der Waals surface area contributed by atoms with Crippen LogP contribution in [0.4, 0.5) is 0 Å². The summed E-state index contributed by atoms with van der Waals surface area (Å²) in [7, 11) is 4.48. The monoisotopic (exact) mass is 197 g/mol. The summed E-state index contributed by atoms with van der Waals surface area (Å²) in [6.07, 6.45) is 2.77. The molecule has 1 aliphatic carbocycles. The SMILES string of the molecule is CC(NC1CC1)C1CN(C)CCN1C. The van der Waals surface area contributed by atoms with Gasteiger partial charge in [-0.2, -0.15) is 0 Å². The molecule has 0 aromatic heterocycles. The van der Waals surface area contributed by atoms with Gasteiger partial charge in [-0.05, 0) is 33.9 Å². The molecular weight excluding hydrogens is 174 g/mol. The van der Waals surface area contributed by atoms with Gasteiger partial charge < -0.3 is 10.2 Å². The molecule has 1 saturated heterocycles. The van der Waals surface area contributed by atoms with E-state index in [-0.39, 0.29) is 0 Å². The van der Waals surface area contributed by atoms with E-state index in [1.165, 1.54) is 32.5 Å². The quantitative estimate of drug-likeness (QED) is 0.705. The van der Waals surface area contributed by atoms with Crippen LogP contribution >= 0.6 is 0 Å². The van der Waals surface area contributed by atoms with Crippen LogP contribution in [-0.4, -0.2) is 61.7 Å². The lowest BCUT2D eigenvalue weighted by Gasteiger charge is -2.41. The first-order valence-corrected chi connectivity index (χ1v) is 5.81. The average molecular weight is 197 g/mol. The highest BCUT2D eigenvalue weighted by atomic mass is 15.3. The van der Waals surface area contributed by atoms with Gasteiger partial charge in [-0.1, -0.05) is 0 Å². The Bertz CT molecular complexity index is 191. The van der Waals surface area contributed by atoms with Crippen molar-refractivity contribution >= 4 is 0 Å². The Morgan fingerprint density at radius 2 is 1.93 bits per heavy atom. The highest BCUT2D eigenvalue weighted by molar-refractivity contribution is 4.91. The van der Waals surface area contributed by atoms with Crippen molar-refractivity contribution in [2.24, 2.45) is 0 Å². The molecule has 0 bridgehead atoms. The van der Waals surface area contributed by atoms with Crippen molar-refractivity contribution in [3.63, 3.8) is 0 Å². The molecule has 0 aromatic carbocycles. The molecule has 3 heteroatoms. The van der Waals surface area contributed by atoms with Crippen LogP contribution in [0.3, 0.4) is 0 Å². The van der Waals surface area contributed by atoms with E-state index in [0.717, 1.165) is 6.04 Å². The van der Waals surface area contributed by atoms with Crippen LogP contribution in [0.5, 0.6) is 0 Å². The Kier molecular flexibility index (Phi) is 3.10. The molecule has 3 nitrogen and oxygen atoms in total. The third-order valence-electron chi connectivity index (χ3n) is 3.55. The van der Waals surface area contributed by atoms with E-state index in [1.54, 1.807) is 0 Å². The number of hydrogen-bond acceptors (Lipinski definition) is 3. The van der Waals surface area contributed by atoms with Crippen LogP contribution in [0.2, 0.25) is 0 Å². The van der Waals surface area contributed by atoms with Crippen molar-refractivity contribution in [1.82, 2.24) is 15.1 Å². The molecule has 1 heterocycles. The molecule has 2 rings (SSSR count). The van der Waals surface area contributed by atoms with Gasteiger partial charge in [-0.15, -0.1) is 0 Å². The minimum atomic E-state index is 0.634. The number of nitrogens with zero attached hydrogens (tertiary/aromatic N) is 2. The molecule has 2 unspecified atom stereocenters. The average Bonchev–Trinajstić information content (AvgIpc) is 2.93. The van der Waals surface area contributed by atoms with Crippen LogP contribution in [0, 0.1) is 0 Å². The summed E-state index contributed by atoms with van der Waals surface area (Å²) >= 11 is 0. The second-order valence-corrected chi connectivity index (χ2v) is 5.04. The van der Waals surface area contributed by atoms with E-state index in [4.69, 9.17) is 0 Å². The van der Waals surface area contributed by atoms with Crippen molar-refractivity contribution in [3.05, 3.63) is 0 Å². The Morgan fingerprint density at radius 3 is 2.57 bits per heavy atom. The lowest BCUT2D eigenvalue weighted by atomic mass is 10.1. The fourth-order valence-corrected chi connectivity index (χ4v) is 2.32. The van der Waals surface area contributed by atoms with E-state index in [9.17, 15) is 0 Å². The Morgan fingerprint density at radius 1 is 1.21 bits per heavy atom. The van der Waals surface area contributed by atoms with Crippen molar-refractivity contribution in [1.29, 1.82) is 0 Å². The number of piperazine rings is 1. The van der Waals surface area contributed by atoms with Gasteiger partial charge in [0.25, 0.3) is 0 Å². The third-order valence-corrected chi connectivity index (χ3v) is 3.55. The van der Waals surface area contributed by atoms with E-state index in [1.807, 2.05) is 0 Å². The molecule has 0 aromatic rings. The molecule has 2 aliphatic rings. The topological polar surface area (TPSA) is 18.5 Å². The van der Waals surface area contributed by atoms with Crippen LogP contribution in [0.15, 0.2) is 0 Å². The van der Waals surface area contributed by atoms with E-state index < -0.39 is 0 Å². The van der Waals surface area contributed by atoms with Crippen LogP contribution < -0.4 is 5.32 Å². The molecule has 1 saturated carbocycles.